The van der Waals surface area contributed by atoms with Gasteiger partial charge >= 0.3 is 0 Å². The van der Waals surface area contributed by atoms with Crippen molar-refractivity contribution >= 4 is 17.3 Å². The monoisotopic (exact) mass is 428 g/mol. The van der Waals surface area contributed by atoms with Crippen molar-refractivity contribution < 1.29 is 19.8 Å². The molecule has 0 saturated heterocycles. The molecule has 4 heteroatoms. The van der Waals surface area contributed by atoms with Crippen LogP contribution in [0.5, 0.6) is 0 Å². The number of unbranched alkanes of at least 4 members (excludes halogenated alkanes) is 10. The number of ketones is 2. The van der Waals surface area contributed by atoms with Crippen molar-refractivity contribution in [3.8, 4) is 0 Å². The molecular weight excluding hydrogens is 388 g/mol. The lowest BCUT2D eigenvalue weighted by molar-refractivity contribution is -0.112. The molecule has 31 heavy (non-hydrogen) atoms. The maximum absolute atomic E-state index is 12.3. The van der Waals surface area contributed by atoms with Crippen molar-refractivity contribution in [2.45, 2.75) is 109 Å². The second-order valence-electron chi connectivity index (χ2n) is 8.90. The van der Waals surface area contributed by atoms with Crippen LogP contribution in [-0.2, 0) is 4.79 Å². The summed E-state index contributed by atoms with van der Waals surface area (Å²) in [5, 5.41) is 20.5. The minimum absolute atomic E-state index is 0.0282. The van der Waals surface area contributed by atoms with E-state index in [1.807, 2.05) is 0 Å². The van der Waals surface area contributed by atoms with Gasteiger partial charge in [0, 0.05) is 16.7 Å². The maximum atomic E-state index is 12.3. The molecule has 0 radical (unpaired) electrons. The highest BCUT2D eigenvalue weighted by molar-refractivity contribution is 6.52. The van der Waals surface area contributed by atoms with Crippen LogP contribution in [0.15, 0.2) is 29.8 Å². The summed E-state index contributed by atoms with van der Waals surface area (Å²) in [6.07, 6.45) is 15.8. The van der Waals surface area contributed by atoms with Gasteiger partial charge in [-0.3, -0.25) is 9.59 Å². The summed E-state index contributed by atoms with van der Waals surface area (Å²) >= 11 is 0. The van der Waals surface area contributed by atoms with Gasteiger partial charge < -0.3 is 10.2 Å². The summed E-state index contributed by atoms with van der Waals surface area (Å²) in [5.41, 5.74) is 1.04. The van der Waals surface area contributed by atoms with Crippen LogP contribution in [0.3, 0.4) is 0 Å². The van der Waals surface area contributed by atoms with Gasteiger partial charge in [0.25, 0.3) is 0 Å². The highest BCUT2D eigenvalue weighted by atomic mass is 16.3. The van der Waals surface area contributed by atoms with E-state index in [0.29, 0.717) is 17.5 Å². The lowest BCUT2D eigenvalue weighted by Gasteiger charge is -2.17. The Bertz CT molecular complexity index is 735. The van der Waals surface area contributed by atoms with Crippen molar-refractivity contribution in [3.05, 3.63) is 41.0 Å². The largest absolute Gasteiger partial charge is 0.507 e. The first-order valence-corrected chi connectivity index (χ1v) is 12.3. The van der Waals surface area contributed by atoms with E-state index in [1.54, 1.807) is 24.3 Å². The minimum atomic E-state index is -0.560. The van der Waals surface area contributed by atoms with E-state index < -0.39 is 11.6 Å². The molecule has 172 valence electrons. The number of aliphatic hydroxyl groups excluding tert-OH is 2. The lowest BCUT2D eigenvalue weighted by Crippen LogP contribution is -2.24. The van der Waals surface area contributed by atoms with E-state index in [9.17, 15) is 19.8 Å². The molecule has 1 aliphatic carbocycles. The molecule has 2 N–H and O–H groups in total. The number of Topliss-reactive ketones (excluding diaryl/α,β-unsaturated/α-hetero) is 2. The zero-order valence-corrected chi connectivity index (χ0v) is 19.2. The van der Waals surface area contributed by atoms with E-state index in [0.717, 1.165) is 57.8 Å². The molecule has 0 bridgehead atoms. The number of allylic oxidation sites excluding steroid dienone is 1. The van der Waals surface area contributed by atoms with Gasteiger partial charge in [-0.15, -0.1) is 0 Å². The number of rotatable bonds is 16. The van der Waals surface area contributed by atoms with Crippen molar-refractivity contribution in [2.75, 3.05) is 0 Å². The average molecular weight is 429 g/mol. The van der Waals surface area contributed by atoms with Crippen molar-refractivity contribution in [3.63, 3.8) is 0 Å². The number of carbonyl (C=O) groups is 2. The first-order valence-electron chi connectivity index (χ1n) is 12.3. The topological polar surface area (TPSA) is 74.6 Å². The van der Waals surface area contributed by atoms with Crippen LogP contribution < -0.4 is 0 Å². The van der Waals surface area contributed by atoms with Crippen molar-refractivity contribution in [1.82, 2.24) is 0 Å². The predicted molar refractivity (Wildman–Crippen MR) is 126 cm³/mol. The summed E-state index contributed by atoms with van der Waals surface area (Å²) in [4.78, 5) is 24.6. The van der Waals surface area contributed by atoms with E-state index in [4.69, 9.17) is 0 Å². The SMILES string of the molecule is CCCCCCCCC(O)CCCCCCCCC1=C(O)c2ccccc2C(=O)C1=O. The molecule has 1 unspecified atom stereocenters. The van der Waals surface area contributed by atoms with Gasteiger partial charge in [0.1, 0.15) is 5.76 Å². The molecule has 0 fully saturated rings. The highest BCUT2D eigenvalue weighted by Gasteiger charge is 2.31. The number of aliphatic hydroxyl groups is 2. The minimum Gasteiger partial charge on any atom is -0.507 e. The summed E-state index contributed by atoms with van der Waals surface area (Å²) < 4.78 is 0. The van der Waals surface area contributed by atoms with Crippen LogP contribution in [0.25, 0.3) is 5.76 Å². The van der Waals surface area contributed by atoms with E-state index >= 15 is 0 Å². The van der Waals surface area contributed by atoms with Gasteiger partial charge in [-0.25, -0.2) is 0 Å². The van der Waals surface area contributed by atoms with Crippen molar-refractivity contribution in [2.24, 2.45) is 0 Å². The van der Waals surface area contributed by atoms with Crippen LogP contribution in [0.2, 0.25) is 0 Å². The fraction of sp³-hybridized carbons (Fsp3) is 0.630. The molecule has 0 saturated carbocycles. The molecule has 0 heterocycles. The first kappa shape index (κ1) is 25.3. The zero-order chi connectivity index (χ0) is 22.5. The Morgan fingerprint density at radius 1 is 0.710 bits per heavy atom. The van der Waals surface area contributed by atoms with E-state index in [-0.39, 0.29) is 17.4 Å². The Morgan fingerprint density at radius 2 is 1.23 bits per heavy atom. The Hall–Kier alpha value is -1.94. The number of benzene rings is 1. The van der Waals surface area contributed by atoms with Gasteiger partial charge in [0.2, 0.25) is 11.6 Å². The van der Waals surface area contributed by atoms with Gasteiger partial charge in [-0.2, -0.15) is 0 Å². The summed E-state index contributed by atoms with van der Waals surface area (Å²) in [5.74, 6) is -1.10. The zero-order valence-electron chi connectivity index (χ0n) is 19.2. The third kappa shape index (κ3) is 8.25. The Morgan fingerprint density at radius 3 is 1.84 bits per heavy atom. The molecule has 0 spiro atoms. The second-order valence-corrected chi connectivity index (χ2v) is 8.90. The Kier molecular flexibility index (Phi) is 11.6. The van der Waals surface area contributed by atoms with Gasteiger partial charge in [0.05, 0.1) is 6.10 Å². The van der Waals surface area contributed by atoms with Crippen LogP contribution in [0, 0.1) is 0 Å². The molecule has 1 atom stereocenters. The number of hydrogen-bond acceptors (Lipinski definition) is 4. The molecule has 1 aromatic carbocycles. The van der Waals surface area contributed by atoms with Crippen LogP contribution in [-0.4, -0.2) is 27.9 Å². The third-order valence-electron chi connectivity index (χ3n) is 6.30. The standard InChI is InChI=1S/C27H40O4/c1-2-3-4-5-8-11-16-21(28)17-12-9-6-7-10-13-20-24-25(29)22-18-14-15-19-23(22)26(30)27(24)31/h14-15,18-19,21,28-29H,2-13,16-17,20H2,1H3. The fourth-order valence-electron chi connectivity index (χ4n) is 4.34. The number of fused-ring (bicyclic) bond motifs is 1. The maximum Gasteiger partial charge on any atom is 0.234 e. The Labute approximate surface area is 187 Å². The Balaban J connectivity index is 1.55. The third-order valence-corrected chi connectivity index (χ3v) is 6.30. The summed E-state index contributed by atoms with van der Waals surface area (Å²) in [6.45, 7) is 2.23. The smallest absolute Gasteiger partial charge is 0.234 e. The van der Waals surface area contributed by atoms with Gasteiger partial charge in [-0.05, 0) is 25.7 Å². The summed E-state index contributed by atoms with van der Waals surface area (Å²) in [6, 6.07) is 6.75. The first-order chi connectivity index (χ1) is 15.1. The van der Waals surface area contributed by atoms with Crippen LogP contribution >= 0.6 is 0 Å². The summed E-state index contributed by atoms with van der Waals surface area (Å²) in [7, 11) is 0. The highest BCUT2D eigenvalue weighted by Crippen LogP contribution is 2.30. The molecule has 0 aromatic heterocycles. The predicted octanol–water partition coefficient (Wildman–Crippen LogP) is 6.95. The number of hydrogen-bond donors (Lipinski definition) is 2. The molecule has 1 aromatic rings. The quantitative estimate of drug-likeness (QED) is 0.221. The van der Waals surface area contributed by atoms with Crippen LogP contribution in [0.4, 0.5) is 0 Å². The molecule has 1 aliphatic rings. The lowest BCUT2D eigenvalue weighted by atomic mass is 9.86. The van der Waals surface area contributed by atoms with Gasteiger partial charge in [-0.1, -0.05) is 102 Å². The average Bonchev–Trinajstić information content (AvgIpc) is 2.78. The molecule has 4 nitrogen and oxygen atoms in total. The molecule has 0 aliphatic heterocycles. The van der Waals surface area contributed by atoms with Crippen molar-refractivity contribution in [1.29, 1.82) is 0 Å². The number of carbonyl (C=O) groups excluding carboxylic acids is 2. The normalized spacial score (nSPS) is 14.8. The molecular formula is C27H40O4. The molecule has 2 rings (SSSR count). The second kappa shape index (κ2) is 14.2. The van der Waals surface area contributed by atoms with E-state index in [2.05, 4.69) is 6.92 Å². The van der Waals surface area contributed by atoms with Crippen LogP contribution in [0.1, 0.15) is 119 Å². The van der Waals surface area contributed by atoms with Gasteiger partial charge in [0.15, 0.2) is 0 Å². The molecule has 0 amide bonds. The fourth-order valence-corrected chi connectivity index (χ4v) is 4.34. The van der Waals surface area contributed by atoms with E-state index in [1.165, 1.54) is 32.1 Å².